The molecule has 2 N–H and O–H groups in total. The number of likely N-dealkylation sites (tertiary alicyclic amines) is 1. The van der Waals surface area contributed by atoms with E-state index in [-0.39, 0.29) is 0 Å². The van der Waals surface area contributed by atoms with Gasteiger partial charge in [0.15, 0.2) is 5.96 Å². The number of nitrogens with zero attached hydrogens (tertiary/aromatic N) is 3. The van der Waals surface area contributed by atoms with Gasteiger partial charge in [-0.15, -0.1) is 11.3 Å². The van der Waals surface area contributed by atoms with Gasteiger partial charge in [-0.1, -0.05) is 11.8 Å². The van der Waals surface area contributed by atoms with Crippen LogP contribution < -0.4 is 10.6 Å². The molecular formula is C17H28F3N5S2. The van der Waals surface area contributed by atoms with Crippen molar-refractivity contribution in [3.8, 4) is 0 Å². The molecule has 27 heavy (non-hydrogen) atoms. The summed E-state index contributed by atoms with van der Waals surface area (Å²) in [6.07, 6.45) is 1.36. The van der Waals surface area contributed by atoms with Gasteiger partial charge in [-0.2, -0.15) is 13.2 Å². The quantitative estimate of drug-likeness (QED) is 0.276. The fourth-order valence-corrected chi connectivity index (χ4v) is 4.67. The van der Waals surface area contributed by atoms with Crippen LogP contribution in [-0.2, 0) is 0 Å². The van der Waals surface area contributed by atoms with Gasteiger partial charge in [0.05, 0.1) is 6.54 Å². The number of thiazole rings is 1. The van der Waals surface area contributed by atoms with Crippen molar-refractivity contribution in [3.05, 3.63) is 11.6 Å². The molecule has 0 aromatic carbocycles. The monoisotopic (exact) mass is 423 g/mol. The van der Waals surface area contributed by atoms with E-state index in [1.807, 2.05) is 11.6 Å². The molecule has 1 aliphatic heterocycles. The van der Waals surface area contributed by atoms with Crippen LogP contribution in [0.25, 0.3) is 0 Å². The highest BCUT2D eigenvalue weighted by atomic mass is 32.2. The molecule has 0 radical (unpaired) electrons. The first-order valence-electron chi connectivity index (χ1n) is 9.22. The minimum absolute atomic E-state index is 0.481. The fraction of sp³-hybridized carbons (Fsp3) is 0.765. The summed E-state index contributed by atoms with van der Waals surface area (Å²) in [6.45, 7) is 1.92. The molecule has 5 nitrogen and oxygen atoms in total. The Hall–Kier alpha value is -1.00. The van der Waals surface area contributed by atoms with Gasteiger partial charge in [0, 0.05) is 37.5 Å². The lowest BCUT2D eigenvalue weighted by atomic mass is 9.93. The average molecular weight is 424 g/mol. The zero-order valence-electron chi connectivity index (χ0n) is 15.6. The summed E-state index contributed by atoms with van der Waals surface area (Å²) < 4.78 is 38.3. The van der Waals surface area contributed by atoms with E-state index in [1.165, 1.54) is 4.90 Å². The van der Waals surface area contributed by atoms with E-state index >= 15 is 0 Å². The van der Waals surface area contributed by atoms with Gasteiger partial charge < -0.3 is 10.6 Å². The molecule has 0 atom stereocenters. The van der Waals surface area contributed by atoms with Crippen LogP contribution >= 0.6 is 23.1 Å². The summed E-state index contributed by atoms with van der Waals surface area (Å²) in [4.78, 5) is 9.96. The first-order chi connectivity index (χ1) is 13.0. The van der Waals surface area contributed by atoms with Crippen molar-refractivity contribution in [1.29, 1.82) is 0 Å². The molecular weight excluding hydrogens is 395 g/mol. The lowest BCUT2D eigenvalue weighted by Crippen LogP contribution is -2.41. The predicted octanol–water partition coefficient (Wildman–Crippen LogP) is 3.45. The predicted molar refractivity (Wildman–Crippen MR) is 107 cm³/mol. The number of alkyl halides is 3. The maximum Gasteiger partial charge on any atom is 0.401 e. The Balaban J connectivity index is 1.51. The fourth-order valence-electron chi connectivity index (χ4n) is 3.02. The number of halogens is 3. The number of hydrogen-bond acceptors (Lipinski definition) is 5. The number of aromatic nitrogens is 1. The molecule has 0 amide bonds. The molecule has 0 unspecified atom stereocenters. The SMILES string of the molecule is CN=C(NCCCSc1nccs1)NCCC1CCN(CC(F)(F)F)CC1. The van der Waals surface area contributed by atoms with E-state index in [0.717, 1.165) is 54.8 Å². The maximum absolute atomic E-state index is 12.4. The molecule has 0 bridgehead atoms. The Labute approximate surface area is 167 Å². The third-order valence-electron chi connectivity index (χ3n) is 4.43. The standard InChI is InChI=1S/C17H28F3N5S2/c1-21-15(22-6-2-11-26-16-24-8-12-27-16)23-7-3-14-4-9-25(10-5-14)13-17(18,19)20/h8,12,14H,2-7,9-11,13H2,1H3,(H2,21,22,23). The Bertz CT molecular complexity index is 543. The number of rotatable bonds is 9. The van der Waals surface area contributed by atoms with Crippen molar-refractivity contribution in [2.45, 2.75) is 36.2 Å². The van der Waals surface area contributed by atoms with Crippen LogP contribution in [0.4, 0.5) is 13.2 Å². The lowest BCUT2D eigenvalue weighted by molar-refractivity contribution is -0.148. The van der Waals surface area contributed by atoms with Crippen molar-refractivity contribution in [3.63, 3.8) is 0 Å². The molecule has 2 heterocycles. The highest BCUT2D eigenvalue weighted by Crippen LogP contribution is 2.24. The molecule has 2 rings (SSSR count). The third kappa shape index (κ3) is 9.66. The molecule has 154 valence electrons. The van der Waals surface area contributed by atoms with Crippen LogP contribution in [0.5, 0.6) is 0 Å². The van der Waals surface area contributed by atoms with Crippen molar-refractivity contribution < 1.29 is 13.2 Å². The zero-order chi connectivity index (χ0) is 19.5. The van der Waals surface area contributed by atoms with Crippen LogP contribution in [0.15, 0.2) is 20.9 Å². The summed E-state index contributed by atoms with van der Waals surface area (Å²) in [5, 5.41) is 8.57. The minimum Gasteiger partial charge on any atom is -0.356 e. The van der Waals surface area contributed by atoms with Gasteiger partial charge in [-0.05, 0) is 44.7 Å². The summed E-state index contributed by atoms with van der Waals surface area (Å²) >= 11 is 3.41. The number of nitrogens with one attached hydrogen (secondary N) is 2. The molecule has 1 aliphatic rings. The van der Waals surface area contributed by atoms with Crippen LogP contribution in [0, 0.1) is 5.92 Å². The molecule has 0 saturated carbocycles. The molecule has 10 heteroatoms. The number of hydrogen-bond donors (Lipinski definition) is 2. The average Bonchev–Trinajstić information content (AvgIpc) is 3.13. The first kappa shape index (κ1) is 22.3. The molecule has 1 aromatic rings. The summed E-state index contributed by atoms with van der Waals surface area (Å²) in [7, 11) is 1.75. The highest BCUT2D eigenvalue weighted by molar-refractivity contribution is 8.00. The third-order valence-corrected chi connectivity index (χ3v) is 6.48. The van der Waals surface area contributed by atoms with Gasteiger partial charge in [-0.25, -0.2) is 4.98 Å². The Morgan fingerprint density at radius 2 is 2.07 bits per heavy atom. The Morgan fingerprint density at radius 1 is 1.33 bits per heavy atom. The van der Waals surface area contributed by atoms with E-state index in [4.69, 9.17) is 0 Å². The molecule has 0 aliphatic carbocycles. The van der Waals surface area contributed by atoms with E-state index in [9.17, 15) is 13.2 Å². The van der Waals surface area contributed by atoms with Crippen molar-refractivity contribution in [2.24, 2.45) is 10.9 Å². The van der Waals surface area contributed by atoms with Gasteiger partial charge in [-0.3, -0.25) is 9.89 Å². The highest BCUT2D eigenvalue weighted by Gasteiger charge is 2.32. The van der Waals surface area contributed by atoms with E-state index < -0.39 is 12.7 Å². The van der Waals surface area contributed by atoms with Crippen molar-refractivity contribution in [2.75, 3.05) is 45.5 Å². The van der Waals surface area contributed by atoms with Crippen LogP contribution in [0.1, 0.15) is 25.7 Å². The normalized spacial score (nSPS) is 17.3. The smallest absolute Gasteiger partial charge is 0.356 e. The van der Waals surface area contributed by atoms with Gasteiger partial charge >= 0.3 is 6.18 Å². The Morgan fingerprint density at radius 3 is 2.70 bits per heavy atom. The number of thioether (sulfide) groups is 1. The Kier molecular flexibility index (Phi) is 9.70. The number of guanidine groups is 1. The van der Waals surface area contributed by atoms with Crippen LogP contribution in [0.2, 0.25) is 0 Å². The molecule has 1 aromatic heterocycles. The maximum atomic E-state index is 12.4. The molecule has 1 saturated heterocycles. The topological polar surface area (TPSA) is 52.6 Å². The lowest BCUT2D eigenvalue weighted by Gasteiger charge is -2.32. The van der Waals surface area contributed by atoms with Crippen molar-refractivity contribution in [1.82, 2.24) is 20.5 Å². The van der Waals surface area contributed by atoms with Crippen molar-refractivity contribution >= 4 is 29.1 Å². The largest absolute Gasteiger partial charge is 0.401 e. The number of aliphatic imine (C=N–C) groups is 1. The van der Waals surface area contributed by atoms with Crippen LogP contribution in [0.3, 0.4) is 0 Å². The van der Waals surface area contributed by atoms with Gasteiger partial charge in [0.1, 0.15) is 4.34 Å². The van der Waals surface area contributed by atoms with Gasteiger partial charge in [0.25, 0.3) is 0 Å². The van der Waals surface area contributed by atoms with Gasteiger partial charge in [0.2, 0.25) is 0 Å². The molecule has 1 fully saturated rings. The summed E-state index contributed by atoms with van der Waals surface area (Å²) in [6, 6.07) is 0. The van der Waals surface area contributed by atoms with Crippen LogP contribution in [-0.4, -0.2) is 67.5 Å². The zero-order valence-corrected chi connectivity index (χ0v) is 17.2. The van der Waals surface area contributed by atoms with E-state index in [1.54, 1.807) is 30.1 Å². The number of piperidine rings is 1. The summed E-state index contributed by atoms with van der Waals surface area (Å²) in [5.41, 5.74) is 0. The summed E-state index contributed by atoms with van der Waals surface area (Å²) in [5.74, 6) is 2.27. The second kappa shape index (κ2) is 11.8. The first-order valence-corrected chi connectivity index (χ1v) is 11.1. The molecule has 0 spiro atoms. The minimum atomic E-state index is -4.09. The second-order valence-electron chi connectivity index (χ2n) is 6.55. The second-order valence-corrected chi connectivity index (χ2v) is 8.79. The van der Waals surface area contributed by atoms with E-state index in [0.29, 0.717) is 19.0 Å². The van der Waals surface area contributed by atoms with E-state index in [2.05, 4.69) is 20.6 Å².